The minimum Gasteiger partial charge on any atom is -0.357 e. The molecule has 118 valence electrons. The number of likely N-dealkylation sites (tertiary alicyclic amines) is 1. The summed E-state index contributed by atoms with van der Waals surface area (Å²) < 4.78 is 0.718. The molecule has 0 amide bonds. The van der Waals surface area contributed by atoms with Gasteiger partial charge in [-0.1, -0.05) is 37.8 Å². The maximum absolute atomic E-state index is 11.2. The zero-order valence-corrected chi connectivity index (χ0v) is 14.2. The van der Waals surface area contributed by atoms with Crippen molar-refractivity contribution in [3.8, 4) is 0 Å². The van der Waals surface area contributed by atoms with Crippen LogP contribution in [0.2, 0.25) is 0 Å². The van der Waals surface area contributed by atoms with Crippen LogP contribution >= 0.6 is 24.0 Å². The van der Waals surface area contributed by atoms with E-state index in [4.69, 9.17) is 12.2 Å². The lowest BCUT2D eigenvalue weighted by Gasteiger charge is -2.36. The number of carbonyl (C=O) groups excluding carboxylic acids is 1. The second-order valence-corrected chi connectivity index (χ2v) is 7.49. The first kappa shape index (κ1) is 16.9. The number of non-ortho nitro benzene ring substituents is 1. The second-order valence-electron chi connectivity index (χ2n) is 5.82. The SMILES string of the molecule is C[C@@H]1C[C@H](C)CN(C(=S)Sc2ccc([N+](=O)[O-])cc2C=O)C1. The number of benzene rings is 1. The van der Waals surface area contributed by atoms with Crippen LogP contribution in [0, 0.1) is 22.0 Å². The predicted molar refractivity (Wildman–Crippen MR) is 91.5 cm³/mol. The van der Waals surface area contributed by atoms with Gasteiger partial charge in [-0.15, -0.1) is 0 Å². The van der Waals surface area contributed by atoms with E-state index in [9.17, 15) is 14.9 Å². The first-order valence-electron chi connectivity index (χ1n) is 7.11. The molecule has 0 aromatic heterocycles. The van der Waals surface area contributed by atoms with Crippen molar-refractivity contribution in [1.29, 1.82) is 0 Å². The number of rotatable bonds is 3. The maximum atomic E-state index is 11.2. The summed E-state index contributed by atoms with van der Waals surface area (Å²) in [6, 6.07) is 4.29. The summed E-state index contributed by atoms with van der Waals surface area (Å²) in [5.74, 6) is 1.18. The molecule has 1 saturated heterocycles. The summed E-state index contributed by atoms with van der Waals surface area (Å²) in [6.45, 7) is 6.25. The Morgan fingerprint density at radius 1 is 1.41 bits per heavy atom. The van der Waals surface area contributed by atoms with Gasteiger partial charge in [0.2, 0.25) is 0 Å². The summed E-state index contributed by atoms with van der Waals surface area (Å²) in [7, 11) is 0. The average Bonchev–Trinajstić information content (AvgIpc) is 2.46. The number of nitro benzene ring substituents is 1. The van der Waals surface area contributed by atoms with Crippen LogP contribution < -0.4 is 0 Å². The molecule has 0 radical (unpaired) electrons. The highest BCUT2D eigenvalue weighted by atomic mass is 32.2. The van der Waals surface area contributed by atoms with E-state index >= 15 is 0 Å². The van der Waals surface area contributed by atoms with Crippen molar-refractivity contribution in [1.82, 2.24) is 4.90 Å². The van der Waals surface area contributed by atoms with E-state index < -0.39 is 4.92 Å². The largest absolute Gasteiger partial charge is 0.357 e. The number of hydrogen-bond acceptors (Lipinski definition) is 5. The third-order valence-electron chi connectivity index (χ3n) is 3.66. The van der Waals surface area contributed by atoms with Gasteiger partial charge in [0, 0.05) is 35.7 Å². The molecule has 0 N–H and O–H groups in total. The van der Waals surface area contributed by atoms with E-state index in [0.29, 0.717) is 28.6 Å². The molecule has 1 heterocycles. The molecule has 0 bridgehead atoms. The Bertz CT molecular complexity index is 596. The highest BCUT2D eigenvalue weighted by Gasteiger charge is 2.24. The summed E-state index contributed by atoms with van der Waals surface area (Å²) in [5.41, 5.74) is 0.220. The van der Waals surface area contributed by atoms with Crippen molar-refractivity contribution >= 4 is 40.3 Å². The summed E-state index contributed by atoms with van der Waals surface area (Å²) >= 11 is 6.82. The first-order valence-corrected chi connectivity index (χ1v) is 8.33. The van der Waals surface area contributed by atoms with Gasteiger partial charge >= 0.3 is 0 Å². The van der Waals surface area contributed by atoms with Crippen molar-refractivity contribution in [2.24, 2.45) is 11.8 Å². The minimum absolute atomic E-state index is 0.0856. The van der Waals surface area contributed by atoms with Crippen LogP contribution in [0.25, 0.3) is 0 Å². The molecule has 2 atom stereocenters. The monoisotopic (exact) mass is 338 g/mol. The Kier molecular flexibility index (Phi) is 5.52. The van der Waals surface area contributed by atoms with Crippen molar-refractivity contribution in [3.63, 3.8) is 0 Å². The molecule has 5 nitrogen and oxygen atoms in total. The second kappa shape index (κ2) is 7.19. The predicted octanol–water partition coefficient (Wildman–Crippen LogP) is 3.76. The van der Waals surface area contributed by atoms with Crippen LogP contribution in [0.15, 0.2) is 23.1 Å². The summed E-state index contributed by atoms with van der Waals surface area (Å²) in [4.78, 5) is 24.3. The van der Waals surface area contributed by atoms with E-state index in [1.807, 2.05) is 0 Å². The van der Waals surface area contributed by atoms with Crippen molar-refractivity contribution < 1.29 is 9.72 Å². The van der Waals surface area contributed by atoms with E-state index in [0.717, 1.165) is 17.4 Å². The molecule has 0 unspecified atom stereocenters. The minimum atomic E-state index is -0.506. The Hall–Kier alpha value is -1.47. The molecule has 1 aromatic carbocycles. The number of piperidine rings is 1. The Labute approximate surface area is 139 Å². The molecular formula is C15H18N2O3S2. The number of aldehydes is 1. The first-order chi connectivity index (χ1) is 10.4. The van der Waals surface area contributed by atoms with Crippen LogP contribution in [-0.2, 0) is 0 Å². The molecule has 0 aliphatic carbocycles. The standard InChI is InChI=1S/C15H18N2O3S2/c1-10-5-11(2)8-16(7-10)15(21)22-14-4-3-13(17(19)20)6-12(14)9-18/h3-4,6,9-11H,5,7-8H2,1-2H3/t10-,11+. The third kappa shape index (κ3) is 4.04. The molecule has 0 spiro atoms. The van der Waals surface area contributed by atoms with Crippen molar-refractivity contribution in [3.05, 3.63) is 33.9 Å². The highest BCUT2D eigenvalue weighted by molar-refractivity contribution is 8.23. The van der Waals surface area contributed by atoms with Crippen LogP contribution in [0.5, 0.6) is 0 Å². The lowest BCUT2D eigenvalue weighted by molar-refractivity contribution is -0.384. The molecule has 1 fully saturated rings. The normalized spacial score (nSPS) is 21.5. The number of thiocarbonyl (C=S) groups is 1. The Morgan fingerprint density at radius 2 is 2.05 bits per heavy atom. The highest BCUT2D eigenvalue weighted by Crippen LogP contribution is 2.30. The number of nitro groups is 1. The van der Waals surface area contributed by atoms with Gasteiger partial charge in [0.15, 0.2) is 6.29 Å². The molecule has 22 heavy (non-hydrogen) atoms. The molecular weight excluding hydrogens is 320 g/mol. The summed E-state index contributed by atoms with van der Waals surface area (Å²) in [6.07, 6.45) is 1.83. The van der Waals surface area contributed by atoms with E-state index in [2.05, 4.69) is 18.7 Å². The topological polar surface area (TPSA) is 63.4 Å². The van der Waals surface area contributed by atoms with Gasteiger partial charge in [0.25, 0.3) is 5.69 Å². The Morgan fingerprint density at radius 3 is 2.59 bits per heavy atom. The molecule has 0 saturated carbocycles. The molecule has 1 aliphatic rings. The average molecular weight is 338 g/mol. The van der Waals surface area contributed by atoms with Gasteiger partial charge in [-0.3, -0.25) is 14.9 Å². The van der Waals surface area contributed by atoms with Gasteiger partial charge in [0.05, 0.1) is 4.92 Å². The van der Waals surface area contributed by atoms with Crippen LogP contribution in [0.3, 0.4) is 0 Å². The van der Waals surface area contributed by atoms with Crippen molar-refractivity contribution in [2.75, 3.05) is 13.1 Å². The number of hydrogen-bond donors (Lipinski definition) is 0. The fourth-order valence-corrected chi connectivity index (χ4v) is 4.05. The van der Waals surface area contributed by atoms with E-state index in [1.54, 1.807) is 6.07 Å². The lowest BCUT2D eigenvalue weighted by atomic mass is 9.92. The van der Waals surface area contributed by atoms with Crippen LogP contribution in [0.4, 0.5) is 5.69 Å². The molecule has 1 aliphatic heterocycles. The molecule has 7 heteroatoms. The third-order valence-corrected chi connectivity index (χ3v) is 5.19. The van der Waals surface area contributed by atoms with E-state index in [-0.39, 0.29) is 5.69 Å². The number of thioether (sulfide) groups is 1. The molecule has 2 rings (SSSR count). The quantitative estimate of drug-likeness (QED) is 0.275. The van der Waals surface area contributed by atoms with Crippen molar-refractivity contribution in [2.45, 2.75) is 25.2 Å². The zero-order chi connectivity index (χ0) is 16.3. The fraction of sp³-hybridized carbons (Fsp3) is 0.467. The zero-order valence-electron chi connectivity index (χ0n) is 12.5. The maximum Gasteiger partial charge on any atom is 0.270 e. The fourth-order valence-electron chi connectivity index (χ4n) is 2.81. The Balaban J connectivity index is 2.14. The van der Waals surface area contributed by atoms with Gasteiger partial charge in [-0.05, 0) is 24.3 Å². The van der Waals surface area contributed by atoms with Crippen LogP contribution in [0.1, 0.15) is 30.6 Å². The van der Waals surface area contributed by atoms with Crippen LogP contribution in [-0.4, -0.2) is 33.5 Å². The smallest absolute Gasteiger partial charge is 0.270 e. The van der Waals surface area contributed by atoms with E-state index in [1.165, 1.54) is 30.3 Å². The van der Waals surface area contributed by atoms with Gasteiger partial charge in [0.1, 0.15) is 4.32 Å². The number of carbonyl (C=O) groups is 1. The van der Waals surface area contributed by atoms with Gasteiger partial charge < -0.3 is 4.90 Å². The molecule has 1 aromatic rings. The van der Waals surface area contributed by atoms with Gasteiger partial charge in [-0.25, -0.2) is 0 Å². The van der Waals surface area contributed by atoms with Gasteiger partial charge in [-0.2, -0.15) is 0 Å². The lowest BCUT2D eigenvalue weighted by Crippen LogP contribution is -2.40. The number of nitrogens with zero attached hydrogens (tertiary/aromatic N) is 2. The summed E-state index contributed by atoms with van der Waals surface area (Å²) in [5, 5.41) is 10.8.